The molecule has 0 saturated carbocycles. The molecule has 0 atom stereocenters. The van der Waals surface area contributed by atoms with Crippen molar-refractivity contribution in [1.29, 1.82) is 0 Å². The molecule has 3 rings (SSSR count). The molecule has 0 bridgehead atoms. The fourth-order valence-corrected chi connectivity index (χ4v) is 2.84. The van der Waals surface area contributed by atoms with E-state index in [-0.39, 0.29) is 17.9 Å². The standard InChI is InChI=1S/C19H20N2O3/c22-18(16-7-8-17-15(10-16)2-1-9-21-17)12-20-11-13-3-5-14(6-4-13)19(23)24/h3-8,10,20-21H,1-2,9,11-12H2,(H,23,24). The van der Waals surface area contributed by atoms with E-state index in [1.54, 1.807) is 24.3 Å². The molecule has 0 radical (unpaired) electrons. The molecule has 2 aromatic rings. The number of nitrogens with one attached hydrogen (secondary N) is 2. The maximum atomic E-state index is 12.3. The molecule has 3 N–H and O–H groups in total. The Bertz CT molecular complexity index is 754. The van der Waals surface area contributed by atoms with Gasteiger partial charge in [-0.3, -0.25) is 4.79 Å². The number of ketones is 1. The first-order chi connectivity index (χ1) is 11.6. The van der Waals surface area contributed by atoms with Crippen LogP contribution in [0.4, 0.5) is 5.69 Å². The number of benzene rings is 2. The van der Waals surface area contributed by atoms with Crippen molar-refractivity contribution in [3.05, 3.63) is 64.7 Å². The molecule has 0 aliphatic carbocycles. The topological polar surface area (TPSA) is 78.4 Å². The zero-order chi connectivity index (χ0) is 16.9. The highest BCUT2D eigenvalue weighted by Gasteiger charge is 2.12. The molecule has 0 fully saturated rings. The Balaban J connectivity index is 1.54. The summed E-state index contributed by atoms with van der Waals surface area (Å²) in [6.07, 6.45) is 2.10. The Morgan fingerprint density at radius 2 is 1.83 bits per heavy atom. The second-order valence-corrected chi connectivity index (χ2v) is 5.93. The van der Waals surface area contributed by atoms with E-state index in [9.17, 15) is 9.59 Å². The largest absolute Gasteiger partial charge is 0.478 e. The van der Waals surface area contributed by atoms with Gasteiger partial charge in [0.05, 0.1) is 12.1 Å². The first kappa shape index (κ1) is 16.2. The summed E-state index contributed by atoms with van der Waals surface area (Å²) >= 11 is 0. The summed E-state index contributed by atoms with van der Waals surface area (Å²) in [5.41, 5.74) is 4.27. The third-order valence-corrected chi connectivity index (χ3v) is 4.18. The number of hydrogen-bond donors (Lipinski definition) is 3. The zero-order valence-corrected chi connectivity index (χ0v) is 13.3. The Morgan fingerprint density at radius 1 is 1.08 bits per heavy atom. The van der Waals surface area contributed by atoms with Gasteiger partial charge in [0, 0.05) is 24.3 Å². The highest BCUT2D eigenvalue weighted by molar-refractivity contribution is 5.98. The van der Waals surface area contributed by atoms with Crippen LogP contribution in [0.5, 0.6) is 0 Å². The van der Waals surface area contributed by atoms with Crippen molar-refractivity contribution in [3.8, 4) is 0 Å². The van der Waals surface area contributed by atoms with Gasteiger partial charge in [0.25, 0.3) is 0 Å². The first-order valence-corrected chi connectivity index (χ1v) is 8.06. The van der Waals surface area contributed by atoms with Crippen LogP contribution in [0.1, 0.15) is 38.3 Å². The van der Waals surface area contributed by atoms with Crippen molar-refractivity contribution >= 4 is 17.4 Å². The summed E-state index contributed by atoms with van der Waals surface area (Å²) in [6.45, 7) is 1.77. The minimum Gasteiger partial charge on any atom is -0.478 e. The SMILES string of the molecule is O=C(O)c1ccc(CNCC(=O)c2ccc3c(c2)CCCN3)cc1. The van der Waals surface area contributed by atoms with Gasteiger partial charge in [-0.05, 0) is 54.3 Å². The molecule has 0 spiro atoms. The van der Waals surface area contributed by atoms with Crippen molar-refractivity contribution in [1.82, 2.24) is 5.32 Å². The lowest BCUT2D eigenvalue weighted by Crippen LogP contribution is -2.23. The molecule has 0 amide bonds. The van der Waals surface area contributed by atoms with E-state index >= 15 is 0 Å². The number of aromatic carboxylic acids is 1. The summed E-state index contributed by atoms with van der Waals surface area (Å²) < 4.78 is 0. The molecule has 1 heterocycles. The van der Waals surface area contributed by atoms with E-state index in [0.717, 1.165) is 36.2 Å². The van der Waals surface area contributed by atoms with E-state index in [2.05, 4.69) is 10.6 Å². The zero-order valence-electron chi connectivity index (χ0n) is 13.3. The van der Waals surface area contributed by atoms with Gasteiger partial charge < -0.3 is 15.7 Å². The number of rotatable bonds is 6. The van der Waals surface area contributed by atoms with Gasteiger partial charge in [0.15, 0.2) is 5.78 Å². The van der Waals surface area contributed by atoms with Gasteiger partial charge in [-0.2, -0.15) is 0 Å². The predicted octanol–water partition coefficient (Wildman–Crippen LogP) is 2.72. The minimum atomic E-state index is -0.938. The number of anilines is 1. The minimum absolute atomic E-state index is 0.0607. The molecule has 5 nitrogen and oxygen atoms in total. The maximum absolute atomic E-state index is 12.3. The molecule has 2 aromatic carbocycles. The highest BCUT2D eigenvalue weighted by atomic mass is 16.4. The quantitative estimate of drug-likeness (QED) is 0.712. The molecule has 0 saturated heterocycles. The number of carboxylic acid groups (broad SMARTS) is 1. The number of carboxylic acids is 1. The molecule has 124 valence electrons. The summed E-state index contributed by atoms with van der Waals surface area (Å²) in [5, 5.41) is 15.3. The third kappa shape index (κ3) is 3.81. The van der Waals surface area contributed by atoms with Crippen LogP contribution < -0.4 is 10.6 Å². The van der Waals surface area contributed by atoms with E-state index in [1.165, 1.54) is 5.56 Å². The molecule has 1 aliphatic heterocycles. The van der Waals surface area contributed by atoms with Crippen LogP contribution in [-0.2, 0) is 13.0 Å². The lowest BCUT2D eigenvalue weighted by atomic mass is 9.99. The van der Waals surface area contributed by atoms with Crippen LogP contribution in [0.25, 0.3) is 0 Å². The summed E-state index contributed by atoms with van der Waals surface area (Å²) in [7, 11) is 0. The number of hydrogen-bond acceptors (Lipinski definition) is 4. The van der Waals surface area contributed by atoms with Gasteiger partial charge in [0.1, 0.15) is 0 Å². The Hall–Kier alpha value is -2.66. The Labute approximate surface area is 140 Å². The molecule has 0 unspecified atom stereocenters. The van der Waals surface area contributed by atoms with E-state index in [1.807, 2.05) is 18.2 Å². The summed E-state index contributed by atoms with van der Waals surface area (Å²) in [5.74, 6) is -0.878. The van der Waals surface area contributed by atoms with Crippen molar-refractivity contribution in [3.63, 3.8) is 0 Å². The molecular weight excluding hydrogens is 304 g/mol. The smallest absolute Gasteiger partial charge is 0.335 e. The van der Waals surface area contributed by atoms with Gasteiger partial charge in [-0.15, -0.1) is 0 Å². The Morgan fingerprint density at radius 3 is 2.58 bits per heavy atom. The average Bonchev–Trinajstić information content (AvgIpc) is 2.61. The van der Waals surface area contributed by atoms with Gasteiger partial charge in [-0.1, -0.05) is 12.1 Å². The normalized spacial score (nSPS) is 13.0. The monoisotopic (exact) mass is 324 g/mol. The van der Waals surface area contributed by atoms with Crippen molar-refractivity contribution in [2.75, 3.05) is 18.4 Å². The van der Waals surface area contributed by atoms with Crippen LogP contribution in [0.2, 0.25) is 0 Å². The lowest BCUT2D eigenvalue weighted by molar-refractivity contribution is 0.0696. The van der Waals surface area contributed by atoms with Crippen LogP contribution in [-0.4, -0.2) is 29.9 Å². The van der Waals surface area contributed by atoms with Crippen LogP contribution in [0.15, 0.2) is 42.5 Å². The van der Waals surface area contributed by atoms with Gasteiger partial charge >= 0.3 is 5.97 Å². The maximum Gasteiger partial charge on any atom is 0.335 e. The van der Waals surface area contributed by atoms with Crippen molar-refractivity contribution in [2.45, 2.75) is 19.4 Å². The fraction of sp³-hybridized carbons (Fsp3) is 0.263. The van der Waals surface area contributed by atoms with Gasteiger partial charge in [-0.25, -0.2) is 4.79 Å². The van der Waals surface area contributed by atoms with E-state index < -0.39 is 5.97 Å². The molecule has 0 aromatic heterocycles. The number of aryl methyl sites for hydroxylation is 1. The van der Waals surface area contributed by atoms with E-state index in [0.29, 0.717) is 6.54 Å². The number of carbonyl (C=O) groups excluding carboxylic acids is 1. The molecule has 1 aliphatic rings. The number of Topliss-reactive ketones (excluding diaryl/α,β-unsaturated/α-hetero) is 1. The number of fused-ring (bicyclic) bond motifs is 1. The third-order valence-electron chi connectivity index (χ3n) is 4.18. The van der Waals surface area contributed by atoms with Crippen molar-refractivity contribution in [2.24, 2.45) is 0 Å². The second kappa shape index (κ2) is 7.27. The fourth-order valence-electron chi connectivity index (χ4n) is 2.84. The summed E-state index contributed by atoms with van der Waals surface area (Å²) in [6, 6.07) is 12.5. The van der Waals surface area contributed by atoms with Crippen LogP contribution in [0, 0.1) is 0 Å². The van der Waals surface area contributed by atoms with Crippen LogP contribution >= 0.6 is 0 Å². The summed E-state index contributed by atoms with van der Waals surface area (Å²) in [4.78, 5) is 23.1. The lowest BCUT2D eigenvalue weighted by Gasteiger charge is -2.18. The Kier molecular flexibility index (Phi) is 4.91. The van der Waals surface area contributed by atoms with Crippen LogP contribution in [0.3, 0.4) is 0 Å². The number of carbonyl (C=O) groups is 2. The predicted molar refractivity (Wildman–Crippen MR) is 92.7 cm³/mol. The highest BCUT2D eigenvalue weighted by Crippen LogP contribution is 2.23. The van der Waals surface area contributed by atoms with Crippen molar-refractivity contribution < 1.29 is 14.7 Å². The van der Waals surface area contributed by atoms with Gasteiger partial charge in [0.2, 0.25) is 0 Å². The molecule has 5 heteroatoms. The molecule has 24 heavy (non-hydrogen) atoms. The average molecular weight is 324 g/mol. The first-order valence-electron chi connectivity index (χ1n) is 8.06. The second-order valence-electron chi connectivity index (χ2n) is 5.93. The van der Waals surface area contributed by atoms with E-state index in [4.69, 9.17) is 5.11 Å². The molecular formula is C19H20N2O3.